The summed E-state index contributed by atoms with van der Waals surface area (Å²) in [5.74, 6) is 0. The predicted octanol–water partition coefficient (Wildman–Crippen LogP) is 1.19. The molecular weight excluding hydrogens is 140 g/mol. The van der Waals surface area contributed by atoms with Gasteiger partial charge in [0.1, 0.15) is 6.29 Å². The maximum Gasteiger partial charge on any atom is 0.131 e. The quantitative estimate of drug-likeness (QED) is 0.647. The summed E-state index contributed by atoms with van der Waals surface area (Å²) in [6.07, 6.45) is 2.52. The maximum atomic E-state index is 10.6. The van der Waals surface area contributed by atoms with E-state index in [0.717, 1.165) is 17.7 Å². The number of nitrogens with zero attached hydrogens (tertiary/aromatic N) is 1. The molecule has 1 aromatic rings. The van der Waals surface area contributed by atoms with Crippen LogP contribution in [-0.2, 0) is 10.2 Å². The van der Waals surface area contributed by atoms with Crippen molar-refractivity contribution in [3.8, 4) is 0 Å². The third kappa shape index (κ3) is 1.31. The topological polar surface area (TPSA) is 45.8 Å². The lowest BCUT2D eigenvalue weighted by Crippen LogP contribution is -2.20. The van der Waals surface area contributed by atoms with Gasteiger partial charge in [-0.05, 0) is 20.8 Å². The minimum Gasteiger partial charge on any atom is -0.348 e. The Morgan fingerprint density at radius 2 is 2.27 bits per heavy atom. The molecule has 0 aliphatic rings. The molecule has 1 N–H and O–H groups in total. The third-order valence-electron chi connectivity index (χ3n) is 1.73. The number of aromatic amines is 1. The van der Waals surface area contributed by atoms with Gasteiger partial charge in [0.25, 0.3) is 0 Å². The summed E-state index contributed by atoms with van der Waals surface area (Å²) in [7, 11) is 0. The highest BCUT2D eigenvalue weighted by Crippen LogP contribution is 2.20. The van der Waals surface area contributed by atoms with Gasteiger partial charge in [-0.1, -0.05) is 0 Å². The molecule has 0 atom stereocenters. The second-order valence-electron chi connectivity index (χ2n) is 3.22. The highest BCUT2D eigenvalue weighted by atomic mass is 16.1. The molecule has 3 heteroatoms. The number of aldehydes is 1. The molecule has 0 aliphatic heterocycles. The van der Waals surface area contributed by atoms with E-state index in [1.54, 1.807) is 6.33 Å². The van der Waals surface area contributed by atoms with Crippen molar-refractivity contribution >= 4 is 6.29 Å². The molecule has 0 radical (unpaired) electrons. The van der Waals surface area contributed by atoms with Crippen molar-refractivity contribution in [2.24, 2.45) is 0 Å². The number of hydrogen-bond acceptors (Lipinski definition) is 2. The molecule has 0 saturated carbocycles. The minimum atomic E-state index is -0.468. The summed E-state index contributed by atoms with van der Waals surface area (Å²) in [5, 5.41) is 0. The van der Waals surface area contributed by atoms with Gasteiger partial charge in [0.15, 0.2) is 0 Å². The first-order valence-electron chi connectivity index (χ1n) is 3.54. The lowest BCUT2D eigenvalue weighted by molar-refractivity contribution is -0.111. The number of carbonyl (C=O) groups is 1. The zero-order valence-electron chi connectivity index (χ0n) is 7.01. The van der Waals surface area contributed by atoms with E-state index in [9.17, 15) is 4.79 Å². The lowest BCUT2D eigenvalue weighted by atomic mass is 9.90. The summed E-state index contributed by atoms with van der Waals surface area (Å²) >= 11 is 0. The summed E-state index contributed by atoms with van der Waals surface area (Å²) in [6.45, 7) is 5.61. The zero-order valence-corrected chi connectivity index (χ0v) is 7.01. The smallest absolute Gasteiger partial charge is 0.131 e. The number of nitrogens with one attached hydrogen (secondary N) is 1. The Kier molecular flexibility index (Phi) is 1.81. The Balaban J connectivity index is 3.10. The summed E-state index contributed by atoms with van der Waals surface area (Å²) in [5.41, 5.74) is 1.32. The minimum absolute atomic E-state index is 0.468. The fourth-order valence-electron chi connectivity index (χ4n) is 1.06. The zero-order chi connectivity index (χ0) is 8.48. The SMILES string of the molecule is Cc1[nH]cnc1C(C)(C)C=O. The summed E-state index contributed by atoms with van der Waals surface area (Å²) in [6, 6.07) is 0. The number of rotatable bonds is 2. The van der Waals surface area contributed by atoms with Crippen LogP contribution >= 0.6 is 0 Å². The Labute approximate surface area is 65.8 Å². The van der Waals surface area contributed by atoms with Crippen molar-refractivity contribution in [3.05, 3.63) is 17.7 Å². The number of imidazole rings is 1. The first-order chi connectivity index (χ1) is 5.08. The van der Waals surface area contributed by atoms with Crippen molar-refractivity contribution in [2.45, 2.75) is 26.2 Å². The van der Waals surface area contributed by atoms with E-state index in [0.29, 0.717) is 0 Å². The Morgan fingerprint density at radius 1 is 1.64 bits per heavy atom. The molecule has 1 heterocycles. The fraction of sp³-hybridized carbons (Fsp3) is 0.500. The van der Waals surface area contributed by atoms with E-state index >= 15 is 0 Å². The third-order valence-corrected chi connectivity index (χ3v) is 1.73. The average molecular weight is 152 g/mol. The van der Waals surface area contributed by atoms with Crippen LogP contribution in [0.25, 0.3) is 0 Å². The van der Waals surface area contributed by atoms with Gasteiger partial charge < -0.3 is 9.78 Å². The molecule has 0 bridgehead atoms. The number of aryl methyl sites for hydroxylation is 1. The van der Waals surface area contributed by atoms with Gasteiger partial charge in [0.2, 0.25) is 0 Å². The van der Waals surface area contributed by atoms with Gasteiger partial charge in [-0.3, -0.25) is 0 Å². The first kappa shape index (κ1) is 7.98. The van der Waals surface area contributed by atoms with Gasteiger partial charge in [0.05, 0.1) is 17.4 Å². The highest BCUT2D eigenvalue weighted by molar-refractivity contribution is 5.66. The molecule has 0 unspecified atom stereocenters. The number of carbonyl (C=O) groups excluding carboxylic acids is 1. The Morgan fingerprint density at radius 3 is 2.64 bits per heavy atom. The Bertz CT molecular complexity index is 263. The van der Waals surface area contributed by atoms with Gasteiger partial charge in [-0.25, -0.2) is 4.98 Å². The second-order valence-corrected chi connectivity index (χ2v) is 3.22. The van der Waals surface area contributed by atoms with Crippen LogP contribution in [0.2, 0.25) is 0 Å². The molecule has 3 nitrogen and oxygen atoms in total. The highest BCUT2D eigenvalue weighted by Gasteiger charge is 2.23. The van der Waals surface area contributed by atoms with E-state index in [1.807, 2.05) is 20.8 Å². The largest absolute Gasteiger partial charge is 0.348 e. The van der Waals surface area contributed by atoms with Crippen molar-refractivity contribution in [3.63, 3.8) is 0 Å². The number of aromatic nitrogens is 2. The van der Waals surface area contributed by atoms with E-state index in [1.165, 1.54) is 0 Å². The first-order valence-corrected chi connectivity index (χ1v) is 3.54. The molecule has 11 heavy (non-hydrogen) atoms. The monoisotopic (exact) mass is 152 g/mol. The molecule has 0 amide bonds. The molecule has 0 spiro atoms. The van der Waals surface area contributed by atoms with Gasteiger partial charge in [-0.15, -0.1) is 0 Å². The van der Waals surface area contributed by atoms with Crippen LogP contribution in [-0.4, -0.2) is 16.3 Å². The van der Waals surface area contributed by atoms with Crippen molar-refractivity contribution in [1.82, 2.24) is 9.97 Å². The number of hydrogen-bond donors (Lipinski definition) is 1. The predicted molar refractivity (Wildman–Crippen MR) is 42.4 cm³/mol. The van der Waals surface area contributed by atoms with E-state index in [4.69, 9.17) is 0 Å². The van der Waals surface area contributed by atoms with Gasteiger partial charge in [0, 0.05) is 5.69 Å². The normalized spacial score (nSPS) is 11.5. The molecule has 0 saturated heterocycles. The summed E-state index contributed by atoms with van der Waals surface area (Å²) in [4.78, 5) is 17.6. The fourth-order valence-corrected chi connectivity index (χ4v) is 1.06. The van der Waals surface area contributed by atoms with E-state index in [2.05, 4.69) is 9.97 Å². The van der Waals surface area contributed by atoms with Crippen LogP contribution in [0.4, 0.5) is 0 Å². The Hall–Kier alpha value is -1.12. The molecule has 0 aliphatic carbocycles. The molecule has 1 rings (SSSR count). The second kappa shape index (κ2) is 2.49. The van der Waals surface area contributed by atoms with Crippen LogP contribution in [0.1, 0.15) is 25.2 Å². The van der Waals surface area contributed by atoms with Crippen LogP contribution in [0.3, 0.4) is 0 Å². The van der Waals surface area contributed by atoms with Gasteiger partial charge in [-0.2, -0.15) is 0 Å². The van der Waals surface area contributed by atoms with Crippen molar-refractivity contribution in [1.29, 1.82) is 0 Å². The van der Waals surface area contributed by atoms with E-state index in [-0.39, 0.29) is 0 Å². The van der Waals surface area contributed by atoms with Crippen LogP contribution < -0.4 is 0 Å². The van der Waals surface area contributed by atoms with Gasteiger partial charge >= 0.3 is 0 Å². The molecule has 0 aromatic carbocycles. The standard InChI is InChI=1S/C8H12N2O/c1-6-7(10-5-9-6)8(2,3)4-11/h4-5H,1-3H3,(H,9,10). The number of H-pyrrole nitrogens is 1. The molecule has 1 aromatic heterocycles. The molecule has 60 valence electrons. The lowest BCUT2D eigenvalue weighted by Gasteiger charge is -2.14. The van der Waals surface area contributed by atoms with Crippen LogP contribution in [0, 0.1) is 6.92 Å². The summed E-state index contributed by atoms with van der Waals surface area (Å²) < 4.78 is 0. The average Bonchev–Trinajstić information content (AvgIpc) is 2.36. The maximum absolute atomic E-state index is 10.6. The van der Waals surface area contributed by atoms with Crippen molar-refractivity contribution < 1.29 is 4.79 Å². The molecular formula is C8H12N2O. The van der Waals surface area contributed by atoms with E-state index < -0.39 is 5.41 Å². The molecule has 0 fully saturated rings. The van der Waals surface area contributed by atoms with Crippen molar-refractivity contribution in [2.75, 3.05) is 0 Å². The van der Waals surface area contributed by atoms with Crippen LogP contribution in [0.15, 0.2) is 6.33 Å². The van der Waals surface area contributed by atoms with Crippen LogP contribution in [0.5, 0.6) is 0 Å².